The lowest BCUT2D eigenvalue weighted by Gasteiger charge is -2.36. The number of rotatable bonds is 2. The lowest BCUT2D eigenvalue weighted by molar-refractivity contribution is 0.170. The van der Waals surface area contributed by atoms with E-state index in [0.717, 1.165) is 6.04 Å². The summed E-state index contributed by atoms with van der Waals surface area (Å²) in [5.74, 6) is 0. The van der Waals surface area contributed by atoms with E-state index >= 15 is 0 Å². The van der Waals surface area contributed by atoms with Crippen LogP contribution in [0.1, 0.15) is 26.7 Å². The van der Waals surface area contributed by atoms with Gasteiger partial charge in [0.2, 0.25) is 0 Å². The predicted octanol–water partition coefficient (Wildman–Crippen LogP) is 1.94. The Balaban J connectivity index is 2.39. The third-order valence-electron chi connectivity index (χ3n) is 3.11. The topological polar surface area (TPSA) is 6.48 Å². The number of likely N-dealkylation sites (tertiary alicyclic amines) is 1. The van der Waals surface area contributed by atoms with E-state index < -0.39 is 0 Å². The van der Waals surface area contributed by atoms with Gasteiger partial charge in [-0.3, -0.25) is 0 Å². The Morgan fingerprint density at radius 1 is 1.31 bits per heavy atom. The van der Waals surface area contributed by atoms with Crippen molar-refractivity contribution < 1.29 is 0 Å². The van der Waals surface area contributed by atoms with Gasteiger partial charge < -0.3 is 9.80 Å². The summed E-state index contributed by atoms with van der Waals surface area (Å²) in [6.07, 6.45) is 4.81. The van der Waals surface area contributed by atoms with Gasteiger partial charge in [-0.25, -0.2) is 0 Å². The molecule has 1 heterocycles. The highest BCUT2D eigenvalue weighted by atomic mass is 15.2. The highest BCUT2D eigenvalue weighted by molar-refractivity contribution is 4.97. The van der Waals surface area contributed by atoms with E-state index in [0.29, 0.717) is 0 Å². The number of allylic oxidation sites excluding steroid dienone is 2. The second-order valence-corrected chi connectivity index (χ2v) is 4.11. The third-order valence-corrected chi connectivity index (χ3v) is 3.11. The van der Waals surface area contributed by atoms with Crippen molar-refractivity contribution in [1.82, 2.24) is 9.80 Å². The quantitative estimate of drug-likeness (QED) is 0.644. The van der Waals surface area contributed by atoms with Crippen LogP contribution in [0.2, 0.25) is 0 Å². The molecule has 0 aromatic carbocycles. The molecule has 0 aliphatic carbocycles. The molecule has 1 aliphatic rings. The zero-order valence-electron chi connectivity index (χ0n) is 9.38. The molecule has 0 bridgehead atoms. The standard InChI is InChI=1S/C11H22N2/c1-5-10(2)13-8-6-11(7-9-13)12(3)4/h5,11H,6-9H2,1-4H3/b10-5+. The summed E-state index contributed by atoms with van der Waals surface area (Å²) in [5.41, 5.74) is 1.43. The van der Waals surface area contributed by atoms with Crippen molar-refractivity contribution in [1.29, 1.82) is 0 Å². The van der Waals surface area contributed by atoms with Crippen LogP contribution >= 0.6 is 0 Å². The Bertz CT molecular complexity index is 177. The Morgan fingerprint density at radius 2 is 1.85 bits per heavy atom. The summed E-state index contributed by atoms with van der Waals surface area (Å²) in [6.45, 7) is 6.77. The molecule has 0 unspecified atom stereocenters. The number of piperidine rings is 1. The average Bonchev–Trinajstić information content (AvgIpc) is 2.17. The molecule has 1 fully saturated rings. The van der Waals surface area contributed by atoms with Gasteiger partial charge in [-0.15, -0.1) is 0 Å². The second kappa shape index (κ2) is 4.66. The number of hydrogen-bond acceptors (Lipinski definition) is 2. The van der Waals surface area contributed by atoms with Crippen LogP contribution in [0.4, 0.5) is 0 Å². The minimum Gasteiger partial charge on any atom is -0.375 e. The minimum absolute atomic E-state index is 0.793. The highest BCUT2D eigenvalue weighted by Crippen LogP contribution is 2.17. The molecule has 2 heteroatoms. The van der Waals surface area contributed by atoms with Gasteiger partial charge in [0.05, 0.1) is 0 Å². The Kier molecular flexibility index (Phi) is 3.79. The van der Waals surface area contributed by atoms with E-state index in [4.69, 9.17) is 0 Å². The number of nitrogens with zero attached hydrogens (tertiary/aromatic N) is 2. The molecule has 1 aliphatic heterocycles. The van der Waals surface area contributed by atoms with Crippen LogP contribution in [0.5, 0.6) is 0 Å². The predicted molar refractivity (Wildman–Crippen MR) is 57.7 cm³/mol. The monoisotopic (exact) mass is 182 g/mol. The SMILES string of the molecule is C/C=C(\C)N1CCC(N(C)C)CC1. The fourth-order valence-corrected chi connectivity index (χ4v) is 1.92. The molecule has 0 radical (unpaired) electrons. The summed E-state index contributed by atoms with van der Waals surface area (Å²) >= 11 is 0. The van der Waals surface area contributed by atoms with Gasteiger partial charge in [0.1, 0.15) is 0 Å². The lowest BCUT2D eigenvalue weighted by atomic mass is 10.0. The van der Waals surface area contributed by atoms with Crippen molar-refractivity contribution in [2.24, 2.45) is 0 Å². The van der Waals surface area contributed by atoms with Gasteiger partial charge >= 0.3 is 0 Å². The summed E-state index contributed by atoms with van der Waals surface area (Å²) in [7, 11) is 4.37. The van der Waals surface area contributed by atoms with Crippen LogP contribution in [0.25, 0.3) is 0 Å². The van der Waals surface area contributed by atoms with Crippen LogP contribution in [-0.4, -0.2) is 43.0 Å². The summed E-state index contributed by atoms with van der Waals surface area (Å²) in [4.78, 5) is 4.84. The first-order chi connectivity index (χ1) is 6.15. The maximum Gasteiger partial charge on any atom is 0.0189 e. The van der Waals surface area contributed by atoms with Crippen LogP contribution in [0, 0.1) is 0 Å². The molecular weight excluding hydrogens is 160 g/mol. The van der Waals surface area contributed by atoms with Crippen LogP contribution in [-0.2, 0) is 0 Å². The zero-order valence-corrected chi connectivity index (χ0v) is 9.38. The van der Waals surface area contributed by atoms with Gasteiger partial charge in [0.25, 0.3) is 0 Å². The summed E-state index contributed by atoms with van der Waals surface area (Å²) in [5, 5.41) is 0. The van der Waals surface area contributed by atoms with Crippen molar-refractivity contribution in [3.8, 4) is 0 Å². The van der Waals surface area contributed by atoms with E-state index in [-0.39, 0.29) is 0 Å². The van der Waals surface area contributed by atoms with E-state index in [2.05, 4.69) is 43.8 Å². The average molecular weight is 182 g/mol. The minimum atomic E-state index is 0.793. The van der Waals surface area contributed by atoms with Crippen molar-refractivity contribution in [3.63, 3.8) is 0 Å². The van der Waals surface area contributed by atoms with Gasteiger partial charge in [-0.05, 0) is 40.8 Å². The van der Waals surface area contributed by atoms with E-state index in [1.165, 1.54) is 31.6 Å². The van der Waals surface area contributed by atoms with Crippen molar-refractivity contribution >= 4 is 0 Å². The molecule has 13 heavy (non-hydrogen) atoms. The molecule has 0 amide bonds. The Morgan fingerprint density at radius 3 is 2.23 bits per heavy atom. The van der Waals surface area contributed by atoms with Crippen LogP contribution < -0.4 is 0 Å². The van der Waals surface area contributed by atoms with E-state index in [1.54, 1.807) is 0 Å². The molecule has 1 rings (SSSR count). The van der Waals surface area contributed by atoms with Gasteiger partial charge in [0, 0.05) is 24.8 Å². The van der Waals surface area contributed by atoms with Crippen LogP contribution in [0.15, 0.2) is 11.8 Å². The first-order valence-corrected chi connectivity index (χ1v) is 5.19. The Labute approximate surface area is 82.2 Å². The molecule has 76 valence electrons. The molecule has 0 saturated carbocycles. The van der Waals surface area contributed by atoms with Gasteiger partial charge in [0.15, 0.2) is 0 Å². The van der Waals surface area contributed by atoms with E-state index in [9.17, 15) is 0 Å². The third kappa shape index (κ3) is 2.73. The molecule has 0 atom stereocenters. The maximum absolute atomic E-state index is 2.49. The maximum atomic E-state index is 2.49. The molecule has 2 nitrogen and oxygen atoms in total. The first kappa shape index (κ1) is 10.6. The van der Waals surface area contributed by atoms with Crippen molar-refractivity contribution in [2.45, 2.75) is 32.7 Å². The second-order valence-electron chi connectivity index (χ2n) is 4.11. The molecule has 0 aromatic heterocycles. The number of hydrogen-bond donors (Lipinski definition) is 0. The molecule has 0 N–H and O–H groups in total. The van der Waals surface area contributed by atoms with E-state index in [1.807, 2.05) is 0 Å². The summed E-state index contributed by atoms with van der Waals surface area (Å²) in [6, 6.07) is 0.793. The fraction of sp³-hybridized carbons (Fsp3) is 0.818. The normalized spacial score (nSPS) is 21.3. The summed E-state index contributed by atoms with van der Waals surface area (Å²) < 4.78 is 0. The highest BCUT2D eigenvalue weighted by Gasteiger charge is 2.19. The lowest BCUT2D eigenvalue weighted by Crippen LogP contribution is -2.41. The largest absolute Gasteiger partial charge is 0.375 e. The first-order valence-electron chi connectivity index (χ1n) is 5.19. The van der Waals surface area contributed by atoms with Crippen LogP contribution in [0.3, 0.4) is 0 Å². The molecular formula is C11H22N2. The molecule has 0 aromatic rings. The smallest absolute Gasteiger partial charge is 0.0189 e. The fourth-order valence-electron chi connectivity index (χ4n) is 1.92. The van der Waals surface area contributed by atoms with Crippen molar-refractivity contribution in [3.05, 3.63) is 11.8 Å². The van der Waals surface area contributed by atoms with Gasteiger partial charge in [-0.2, -0.15) is 0 Å². The Hall–Kier alpha value is -0.500. The molecule has 1 saturated heterocycles. The van der Waals surface area contributed by atoms with Gasteiger partial charge in [-0.1, -0.05) is 6.08 Å². The zero-order chi connectivity index (χ0) is 9.84. The molecule has 0 spiro atoms. The van der Waals surface area contributed by atoms with Crippen molar-refractivity contribution in [2.75, 3.05) is 27.2 Å².